The van der Waals surface area contributed by atoms with Gasteiger partial charge in [-0.25, -0.2) is 9.69 Å². The van der Waals surface area contributed by atoms with Gasteiger partial charge in [0.05, 0.1) is 47.9 Å². The molecule has 0 radical (unpaired) electrons. The second-order valence-electron chi connectivity index (χ2n) is 6.23. The highest BCUT2D eigenvalue weighted by atomic mass is 35.5. The van der Waals surface area contributed by atoms with Crippen molar-refractivity contribution in [1.82, 2.24) is 0 Å². The molecule has 3 aliphatic rings. The number of aliphatic hydroxyl groups is 1. The first kappa shape index (κ1) is 16.3. The number of methoxy groups -OCH3 is 1. The predicted octanol–water partition coefficient (Wildman–Crippen LogP) is 0.932. The van der Waals surface area contributed by atoms with E-state index in [4.69, 9.17) is 16.3 Å². The predicted molar refractivity (Wildman–Crippen MR) is 86.1 cm³/mol. The lowest BCUT2D eigenvalue weighted by molar-refractivity contribution is -0.128. The molecule has 1 aromatic carbocycles. The molecular formula is C17H14ClNO6. The summed E-state index contributed by atoms with van der Waals surface area (Å²) < 4.78 is 10.3. The molecular weight excluding hydrogens is 350 g/mol. The van der Waals surface area contributed by atoms with Gasteiger partial charge in [0, 0.05) is 0 Å². The number of ether oxygens (including phenoxy) is 2. The highest BCUT2D eigenvalue weighted by Crippen LogP contribution is 2.52. The molecule has 4 atom stereocenters. The molecule has 2 saturated heterocycles. The highest BCUT2D eigenvalue weighted by molar-refractivity contribution is 6.34. The van der Waals surface area contributed by atoms with Crippen molar-refractivity contribution in [2.75, 3.05) is 18.6 Å². The van der Waals surface area contributed by atoms with Gasteiger partial charge in [-0.2, -0.15) is 0 Å². The zero-order chi connectivity index (χ0) is 17.9. The van der Waals surface area contributed by atoms with Gasteiger partial charge in [-0.3, -0.25) is 9.59 Å². The first-order valence-electron chi connectivity index (χ1n) is 7.67. The fraction of sp³-hybridized carbons (Fsp3) is 0.353. The third-order valence-electron chi connectivity index (χ3n) is 5.02. The van der Waals surface area contributed by atoms with Crippen molar-refractivity contribution < 1.29 is 29.0 Å². The summed E-state index contributed by atoms with van der Waals surface area (Å²) in [6, 6.07) is 4.28. The van der Waals surface area contributed by atoms with Crippen LogP contribution >= 0.6 is 11.6 Å². The third-order valence-corrected chi connectivity index (χ3v) is 5.35. The van der Waals surface area contributed by atoms with E-state index in [1.807, 2.05) is 0 Å². The Morgan fingerprint density at radius 3 is 2.84 bits per heavy atom. The lowest BCUT2D eigenvalue weighted by Crippen LogP contribution is -2.43. The summed E-state index contributed by atoms with van der Waals surface area (Å²) in [6.07, 6.45) is 2.81. The van der Waals surface area contributed by atoms with E-state index in [1.165, 1.54) is 25.3 Å². The average molecular weight is 364 g/mol. The summed E-state index contributed by atoms with van der Waals surface area (Å²) in [5, 5.41) is 9.86. The normalized spacial score (nSPS) is 32.4. The van der Waals surface area contributed by atoms with E-state index in [2.05, 4.69) is 4.74 Å². The van der Waals surface area contributed by atoms with Crippen LogP contribution in [0.2, 0.25) is 5.02 Å². The molecule has 1 N–H and O–H groups in total. The monoisotopic (exact) mass is 363 g/mol. The molecule has 130 valence electrons. The maximum atomic E-state index is 12.9. The van der Waals surface area contributed by atoms with Gasteiger partial charge in [0.2, 0.25) is 11.8 Å². The van der Waals surface area contributed by atoms with Gasteiger partial charge >= 0.3 is 5.97 Å². The van der Waals surface area contributed by atoms with Crippen LogP contribution < -0.4 is 4.90 Å². The second-order valence-corrected chi connectivity index (χ2v) is 6.63. The first-order chi connectivity index (χ1) is 11.9. The van der Waals surface area contributed by atoms with Gasteiger partial charge in [-0.15, -0.1) is 0 Å². The van der Waals surface area contributed by atoms with E-state index < -0.39 is 41.3 Å². The summed E-state index contributed by atoms with van der Waals surface area (Å²) in [7, 11) is 1.22. The van der Waals surface area contributed by atoms with Gasteiger partial charge in [-0.1, -0.05) is 23.8 Å². The number of halogens is 1. The van der Waals surface area contributed by atoms with E-state index in [9.17, 15) is 19.5 Å². The van der Waals surface area contributed by atoms with Crippen molar-refractivity contribution in [2.24, 2.45) is 11.8 Å². The maximum absolute atomic E-state index is 12.9. The quantitative estimate of drug-likeness (QED) is 0.488. The molecule has 3 heterocycles. The minimum absolute atomic E-state index is 0.0635. The van der Waals surface area contributed by atoms with Crippen molar-refractivity contribution in [3.05, 3.63) is 40.9 Å². The Bertz CT molecular complexity index is 836. The first-order valence-corrected chi connectivity index (χ1v) is 8.05. The molecule has 0 saturated carbocycles. The van der Waals surface area contributed by atoms with Crippen molar-refractivity contribution in [2.45, 2.75) is 11.7 Å². The third kappa shape index (κ3) is 2.03. The van der Waals surface area contributed by atoms with Crippen LogP contribution in [0.4, 0.5) is 5.69 Å². The number of amides is 2. The number of carbonyl (C=O) groups is 3. The largest absolute Gasteiger partial charge is 0.465 e. The van der Waals surface area contributed by atoms with Gasteiger partial charge in [0.1, 0.15) is 5.60 Å². The SMILES string of the molecule is COC(=O)c1cc(N2C(=O)[C@@H]3[C@@H]4C=C[C@@](CO)(O4)[C@@H]3C2=O)ccc1Cl. The van der Waals surface area contributed by atoms with Gasteiger partial charge < -0.3 is 14.6 Å². The molecule has 7 nitrogen and oxygen atoms in total. The minimum Gasteiger partial charge on any atom is -0.465 e. The Labute approximate surface area is 147 Å². The Morgan fingerprint density at radius 2 is 2.16 bits per heavy atom. The van der Waals surface area contributed by atoms with Gasteiger partial charge in [0.25, 0.3) is 0 Å². The Kier molecular flexibility index (Phi) is 3.50. The Hall–Kier alpha value is -2.22. The Morgan fingerprint density at radius 1 is 1.40 bits per heavy atom. The number of carbonyl (C=O) groups excluding carboxylic acids is 3. The number of fused-ring (bicyclic) bond motifs is 5. The molecule has 0 aromatic heterocycles. The van der Waals surface area contributed by atoms with Crippen LogP contribution in [0.15, 0.2) is 30.4 Å². The zero-order valence-corrected chi connectivity index (χ0v) is 13.9. The van der Waals surface area contributed by atoms with E-state index >= 15 is 0 Å². The van der Waals surface area contributed by atoms with Crippen LogP contribution in [0.25, 0.3) is 0 Å². The maximum Gasteiger partial charge on any atom is 0.339 e. The summed E-state index contributed by atoms with van der Waals surface area (Å²) in [5.74, 6) is -3.01. The number of aliphatic hydroxyl groups excluding tert-OH is 1. The van der Waals surface area contributed by atoms with Gasteiger partial charge in [-0.05, 0) is 18.2 Å². The van der Waals surface area contributed by atoms with E-state index in [0.717, 1.165) is 4.90 Å². The molecule has 3 aliphatic heterocycles. The van der Waals surface area contributed by atoms with Crippen LogP contribution in [0.1, 0.15) is 10.4 Å². The fourth-order valence-electron chi connectivity index (χ4n) is 3.86. The molecule has 0 unspecified atom stereocenters. The number of anilines is 1. The van der Waals surface area contributed by atoms with Gasteiger partial charge in [0.15, 0.2) is 0 Å². The molecule has 2 bridgehead atoms. The number of esters is 1. The number of hydrogen-bond donors (Lipinski definition) is 1. The van der Waals surface area contributed by atoms with E-state index in [0.29, 0.717) is 0 Å². The summed E-state index contributed by atoms with van der Waals surface area (Å²) >= 11 is 5.99. The summed E-state index contributed by atoms with van der Waals surface area (Å²) in [5.41, 5.74) is -0.857. The fourth-order valence-corrected chi connectivity index (χ4v) is 4.05. The van der Waals surface area contributed by atoms with Crippen molar-refractivity contribution >= 4 is 35.1 Å². The molecule has 0 spiro atoms. The molecule has 0 aliphatic carbocycles. The second kappa shape index (κ2) is 5.39. The number of hydrogen-bond acceptors (Lipinski definition) is 6. The van der Waals surface area contributed by atoms with Crippen molar-refractivity contribution in [3.63, 3.8) is 0 Å². The standard InChI is InChI=1S/C17H14ClNO6/c1-24-16(23)9-6-8(2-3-10(9)18)19-14(21)12-11-4-5-17(7-20,25-11)13(12)15(19)22/h2-6,11-13,20H,7H2,1H3/t11-,12+,13-,17-/m0/s1. The topological polar surface area (TPSA) is 93.1 Å². The molecule has 2 fully saturated rings. The average Bonchev–Trinajstić information content (AvgIpc) is 3.26. The van der Waals surface area contributed by atoms with Crippen molar-refractivity contribution in [1.29, 1.82) is 0 Å². The van der Waals surface area contributed by atoms with Crippen LogP contribution in [0.3, 0.4) is 0 Å². The summed E-state index contributed by atoms with van der Waals surface area (Å²) in [4.78, 5) is 38.6. The molecule has 4 rings (SSSR count). The Balaban J connectivity index is 1.75. The van der Waals surface area contributed by atoms with Crippen LogP contribution in [0, 0.1) is 11.8 Å². The minimum atomic E-state index is -1.16. The smallest absolute Gasteiger partial charge is 0.339 e. The number of benzene rings is 1. The lowest BCUT2D eigenvalue weighted by atomic mass is 9.77. The molecule has 25 heavy (non-hydrogen) atoms. The number of nitrogens with zero attached hydrogens (tertiary/aromatic N) is 1. The number of imide groups is 1. The van der Waals surface area contributed by atoms with Crippen LogP contribution in [-0.2, 0) is 19.1 Å². The van der Waals surface area contributed by atoms with Crippen LogP contribution in [0.5, 0.6) is 0 Å². The molecule has 8 heteroatoms. The number of rotatable bonds is 3. The van der Waals surface area contributed by atoms with Crippen molar-refractivity contribution in [3.8, 4) is 0 Å². The molecule has 1 aromatic rings. The summed E-state index contributed by atoms with van der Waals surface area (Å²) in [6.45, 7) is -0.387. The lowest BCUT2D eigenvalue weighted by Gasteiger charge is -2.26. The molecule has 2 amide bonds. The van der Waals surface area contributed by atoms with E-state index in [-0.39, 0.29) is 22.9 Å². The highest BCUT2D eigenvalue weighted by Gasteiger charge is 2.67. The van der Waals surface area contributed by atoms with Crippen LogP contribution in [-0.4, -0.2) is 48.3 Å². The van der Waals surface area contributed by atoms with E-state index in [1.54, 1.807) is 12.2 Å². The zero-order valence-electron chi connectivity index (χ0n) is 13.1.